The fourth-order valence-electron chi connectivity index (χ4n) is 3.02. The van der Waals surface area contributed by atoms with Gasteiger partial charge < -0.3 is 15.0 Å². The SMILES string of the molecule is CCCCCCCCCCCCC(C)[N+]([O-])(CC)CCO. The zero-order chi connectivity index (χ0) is 16.0. The van der Waals surface area contributed by atoms with Crippen LogP contribution < -0.4 is 0 Å². The molecule has 1 N–H and O–H groups in total. The largest absolute Gasteiger partial charge is 0.633 e. The Hall–Kier alpha value is -0.120. The fourth-order valence-corrected chi connectivity index (χ4v) is 3.02. The van der Waals surface area contributed by atoms with Crippen LogP contribution >= 0.6 is 0 Å². The molecule has 0 aromatic carbocycles. The smallest absolute Gasteiger partial charge is 0.102 e. The molecule has 0 bridgehead atoms. The number of hydroxylamine groups is 3. The van der Waals surface area contributed by atoms with Crippen LogP contribution in [0.3, 0.4) is 0 Å². The van der Waals surface area contributed by atoms with Crippen molar-refractivity contribution in [1.29, 1.82) is 0 Å². The molecular weight excluding hydrogens is 262 g/mol. The van der Waals surface area contributed by atoms with Gasteiger partial charge in [-0.15, -0.1) is 0 Å². The number of rotatable bonds is 15. The molecule has 0 aliphatic carbocycles. The van der Waals surface area contributed by atoms with Crippen molar-refractivity contribution in [3.63, 3.8) is 0 Å². The van der Waals surface area contributed by atoms with E-state index < -0.39 is 0 Å². The van der Waals surface area contributed by atoms with Crippen LogP contribution in [0.5, 0.6) is 0 Å². The Balaban J connectivity index is 3.49. The van der Waals surface area contributed by atoms with E-state index in [9.17, 15) is 5.21 Å². The van der Waals surface area contributed by atoms with Gasteiger partial charge in [0.15, 0.2) is 0 Å². The van der Waals surface area contributed by atoms with E-state index in [0.29, 0.717) is 13.1 Å². The van der Waals surface area contributed by atoms with Crippen LogP contribution in [0.4, 0.5) is 0 Å². The lowest BCUT2D eigenvalue weighted by molar-refractivity contribution is -0.902. The number of aliphatic hydroxyl groups excluding tert-OH is 1. The summed E-state index contributed by atoms with van der Waals surface area (Å²) in [5.74, 6) is 0. The summed E-state index contributed by atoms with van der Waals surface area (Å²) in [6.45, 7) is 7.14. The monoisotopic (exact) mass is 301 g/mol. The van der Waals surface area contributed by atoms with Gasteiger partial charge >= 0.3 is 0 Å². The number of quaternary nitrogens is 1. The Bertz CT molecular complexity index is 223. The van der Waals surface area contributed by atoms with Crippen molar-refractivity contribution in [2.24, 2.45) is 0 Å². The summed E-state index contributed by atoms with van der Waals surface area (Å²) in [7, 11) is 0. The van der Waals surface area contributed by atoms with Gasteiger partial charge in [-0.25, -0.2) is 0 Å². The average molecular weight is 302 g/mol. The van der Waals surface area contributed by atoms with Crippen molar-refractivity contribution in [3.05, 3.63) is 5.21 Å². The second-order valence-corrected chi connectivity index (χ2v) is 6.54. The molecule has 0 radical (unpaired) electrons. The van der Waals surface area contributed by atoms with Crippen molar-refractivity contribution in [1.82, 2.24) is 0 Å². The van der Waals surface area contributed by atoms with E-state index >= 15 is 0 Å². The predicted octanol–water partition coefficient (Wildman–Crippen LogP) is 5.01. The molecule has 3 heteroatoms. The number of unbranched alkanes of at least 4 members (excludes halogenated alkanes) is 9. The number of nitrogens with zero attached hydrogens (tertiary/aromatic N) is 1. The maximum Gasteiger partial charge on any atom is 0.102 e. The molecule has 0 aliphatic rings. The van der Waals surface area contributed by atoms with Crippen molar-refractivity contribution >= 4 is 0 Å². The molecule has 0 spiro atoms. The fraction of sp³-hybridized carbons (Fsp3) is 1.00. The Kier molecular flexibility index (Phi) is 13.5. The molecule has 0 heterocycles. The molecule has 0 amide bonds. The van der Waals surface area contributed by atoms with Crippen LogP contribution in [0.2, 0.25) is 0 Å². The van der Waals surface area contributed by atoms with Gasteiger partial charge in [0.1, 0.15) is 6.54 Å². The molecule has 0 aromatic rings. The van der Waals surface area contributed by atoms with Crippen molar-refractivity contribution in [2.45, 2.75) is 97.4 Å². The molecule has 128 valence electrons. The first kappa shape index (κ1) is 20.9. The summed E-state index contributed by atoms with van der Waals surface area (Å²) in [5.41, 5.74) is 0. The minimum atomic E-state index is -0.228. The van der Waals surface area contributed by atoms with E-state index in [1.54, 1.807) is 0 Å². The maximum atomic E-state index is 12.4. The normalized spacial score (nSPS) is 15.9. The van der Waals surface area contributed by atoms with Gasteiger partial charge in [0.05, 0.1) is 19.2 Å². The van der Waals surface area contributed by atoms with Gasteiger partial charge in [0, 0.05) is 0 Å². The third-order valence-corrected chi connectivity index (χ3v) is 4.79. The first-order chi connectivity index (χ1) is 10.1. The van der Waals surface area contributed by atoms with E-state index in [4.69, 9.17) is 5.11 Å². The van der Waals surface area contributed by atoms with E-state index in [1.807, 2.05) is 13.8 Å². The third kappa shape index (κ3) is 10.3. The highest BCUT2D eigenvalue weighted by Crippen LogP contribution is 2.18. The summed E-state index contributed by atoms with van der Waals surface area (Å²) in [6, 6.07) is 0.121. The van der Waals surface area contributed by atoms with Gasteiger partial charge in [0.2, 0.25) is 0 Å². The first-order valence-electron chi connectivity index (χ1n) is 9.29. The molecular formula is C18H39NO2. The molecule has 0 fully saturated rings. The highest BCUT2D eigenvalue weighted by atomic mass is 16.5. The molecule has 2 atom stereocenters. The number of hydrogen-bond acceptors (Lipinski definition) is 2. The first-order valence-corrected chi connectivity index (χ1v) is 9.29. The lowest BCUT2D eigenvalue weighted by Gasteiger charge is -2.46. The molecule has 0 aromatic heterocycles. The minimum absolute atomic E-state index is 0.000286. The van der Waals surface area contributed by atoms with Crippen LogP contribution in [0, 0.1) is 5.21 Å². The highest BCUT2D eigenvalue weighted by molar-refractivity contribution is 4.57. The third-order valence-electron chi connectivity index (χ3n) is 4.79. The Morgan fingerprint density at radius 2 is 1.33 bits per heavy atom. The van der Waals surface area contributed by atoms with Crippen LogP contribution in [0.1, 0.15) is 91.4 Å². The van der Waals surface area contributed by atoms with Gasteiger partial charge in [-0.05, 0) is 26.7 Å². The van der Waals surface area contributed by atoms with Crippen LogP contribution in [0.15, 0.2) is 0 Å². The zero-order valence-corrected chi connectivity index (χ0v) is 14.8. The number of hydrogen-bond donors (Lipinski definition) is 1. The maximum absolute atomic E-state index is 12.4. The van der Waals surface area contributed by atoms with Gasteiger partial charge in [0.25, 0.3) is 0 Å². The molecule has 3 nitrogen and oxygen atoms in total. The second-order valence-electron chi connectivity index (χ2n) is 6.54. The second kappa shape index (κ2) is 13.5. The molecule has 21 heavy (non-hydrogen) atoms. The standard InChI is InChI=1S/C18H39NO2/c1-4-6-7-8-9-10-11-12-13-14-15-18(3)19(21,5-2)16-17-20/h18,20H,4-17H2,1-3H3. The lowest BCUT2D eigenvalue weighted by Crippen LogP contribution is -2.50. The quantitative estimate of drug-likeness (QED) is 0.262. The van der Waals surface area contributed by atoms with E-state index in [2.05, 4.69) is 6.92 Å². The molecule has 0 saturated carbocycles. The summed E-state index contributed by atoms with van der Waals surface area (Å²) < 4.78 is -0.228. The Labute approximate surface area is 132 Å². The van der Waals surface area contributed by atoms with Crippen LogP contribution in [-0.4, -0.2) is 35.5 Å². The van der Waals surface area contributed by atoms with E-state index in [0.717, 1.165) is 12.8 Å². The van der Waals surface area contributed by atoms with Crippen molar-refractivity contribution in [3.8, 4) is 0 Å². The molecule has 0 rings (SSSR count). The summed E-state index contributed by atoms with van der Waals surface area (Å²) in [4.78, 5) is 0. The van der Waals surface area contributed by atoms with Crippen molar-refractivity contribution < 1.29 is 9.75 Å². The molecule has 0 aliphatic heterocycles. The zero-order valence-electron chi connectivity index (χ0n) is 14.8. The van der Waals surface area contributed by atoms with E-state index in [1.165, 1.54) is 57.8 Å². The van der Waals surface area contributed by atoms with Gasteiger partial charge in [-0.2, -0.15) is 0 Å². The lowest BCUT2D eigenvalue weighted by atomic mass is 10.0. The Morgan fingerprint density at radius 3 is 1.76 bits per heavy atom. The van der Waals surface area contributed by atoms with Gasteiger partial charge in [-0.1, -0.05) is 64.7 Å². The minimum Gasteiger partial charge on any atom is -0.633 e. The summed E-state index contributed by atoms with van der Waals surface area (Å²) in [5, 5.41) is 21.5. The van der Waals surface area contributed by atoms with Crippen LogP contribution in [0.25, 0.3) is 0 Å². The van der Waals surface area contributed by atoms with Gasteiger partial charge in [-0.3, -0.25) is 0 Å². The average Bonchev–Trinajstić information content (AvgIpc) is 2.49. The van der Waals surface area contributed by atoms with E-state index in [-0.39, 0.29) is 17.3 Å². The van der Waals surface area contributed by atoms with Crippen LogP contribution in [-0.2, 0) is 0 Å². The topological polar surface area (TPSA) is 43.3 Å². The highest BCUT2D eigenvalue weighted by Gasteiger charge is 2.21. The molecule has 2 unspecified atom stereocenters. The predicted molar refractivity (Wildman–Crippen MR) is 92.0 cm³/mol. The summed E-state index contributed by atoms with van der Waals surface area (Å²) in [6.07, 6.45) is 14.3. The van der Waals surface area contributed by atoms with Crippen molar-refractivity contribution in [2.75, 3.05) is 19.7 Å². The molecule has 0 saturated heterocycles. The summed E-state index contributed by atoms with van der Waals surface area (Å²) >= 11 is 0. The number of aliphatic hydroxyl groups is 1. The number of likely N-dealkylation sites (N-methyl/N-ethyl adjacent to an activating group) is 1. The Morgan fingerprint density at radius 1 is 0.857 bits per heavy atom.